The van der Waals surface area contributed by atoms with Crippen LogP contribution in [0.25, 0.3) is 0 Å². The third-order valence-electron chi connectivity index (χ3n) is 6.20. The van der Waals surface area contributed by atoms with Gasteiger partial charge in [0, 0.05) is 13.6 Å². The van der Waals surface area contributed by atoms with Crippen LogP contribution in [0.1, 0.15) is 37.8 Å². The van der Waals surface area contributed by atoms with Gasteiger partial charge in [0.05, 0.1) is 11.4 Å². The summed E-state index contributed by atoms with van der Waals surface area (Å²) in [5, 5.41) is 8.00. The molecule has 0 aliphatic heterocycles. The van der Waals surface area contributed by atoms with E-state index in [1.807, 2.05) is 18.7 Å². The average molecular weight is 274 g/mol. The van der Waals surface area contributed by atoms with Crippen molar-refractivity contribution in [1.29, 1.82) is 0 Å². The lowest BCUT2D eigenvalue weighted by Crippen LogP contribution is -2.47. The third-order valence-corrected chi connectivity index (χ3v) is 6.20. The molecule has 4 bridgehead atoms. The van der Waals surface area contributed by atoms with Crippen LogP contribution in [0, 0.1) is 36.5 Å². The summed E-state index contributed by atoms with van der Waals surface area (Å²) < 4.78 is 1.89. The lowest BCUT2D eigenvalue weighted by atomic mass is 9.52. The topological polar surface area (TPSA) is 55.9 Å². The van der Waals surface area contributed by atoms with E-state index < -0.39 is 0 Å². The summed E-state index contributed by atoms with van der Waals surface area (Å²) >= 11 is 0. The lowest BCUT2D eigenvalue weighted by molar-refractivity contribution is -0.0305. The van der Waals surface area contributed by atoms with E-state index in [-0.39, 0.29) is 0 Å². The largest absolute Gasteiger partial charge is 0.394 e. The second-order valence-electron chi connectivity index (χ2n) is 7.45. The average Bonchev–Trinajstić information content (AvgIpc) is 2.63. The van der Waals surface area contributed by atoms with Crippen molar-refractivity contribution in [2.45, 2.75) is 39.0 Å². The minimum Gasteiger partial charge on any atom is -0.394 e. The fourth-order valence-electron chi connectivity index (χ4n) is 5.47. The molecule has 3 N–H and O–H groups in total. The maximum atomic E-state index is 6.12. The number of nitrogens with zero attached hydrogens (tertiary/aromatic N) is 2. The van der Waals surface area contributed by atoms with Gasteiger partial charge in [0.15, 0.2) is 0 Å². The van der Waals surface area contributed by atoms with Crippen LogP contribution in [0.4, 0.5) is 11.5 Å². The highest BCUT2D eigenvalue weighted by Gasteiger charge is 2.47. The van der Waals surface area contributed by atoms with E-state index in [9.17, 15) is 0 Å². The van der Waals surface area contributed by atoms with Crippen molar-refractivity contribution in [3.8, 4) is 0 Å². The SMILES string of the molecule is Cc1nn(C)c(NCC2C3CC4CC(C3)CC2C4)c1N. The molecule has 1 heterocycles. The van der Waals surface area contributed by atoms with Gasteiger partial charge in [-0.15, -0.1) is 0 Å². The molecule has 0 radical (unpaired) electrons. The van der Waals surface area contributed by atoms with Gasteiger partial charge < -0.3 is 11.1 Å². The number of hydrogen-bond donors (Lipinski definition) is 2. The predicted octanol–water partition coefficient (Wildman–Crippen LogP) is 2.79. The summed E-state index contributed by atoms with van der Waals surface area (Å²) in [7, 11) is 1.97. The highest BCUT2D eigenvalue weighted by Crippen LogP contribution is 2.56. The van der Waals surface area contributed by atoms with E-state index in [0.717, 1.165) is 53.3 Å². The Bertz CT molecular complexity index is 491. The van der Waals surface area contributed by atoms with Crippen LogP contribution >= 0.6 is 0 Å². The molecule has 4 saturated carbocycles. The molecule has 4 heteroatoms. The van der Waals surface area contributed by atoms with Crippen LogP contribution in [-0.4, -0.2) is 16.3 Å². The second kappa shape index (κ2) is 4.40. The van der Waals surface area contributed by atoms with Crippen LogP contribution < -0.4 is 11.1 Å². The summed E-state index contributed by atoms with van der Waals surface area (Å²) in [4.78, 5) is 0. The standard InChI is InChI=1S/C16H26N4/c1-9-15(17)16(20(2)19-9)18-8-14-12-4-10-3-11(6-12)7-13(14)5-10/h10-14,18H,3-8,17H2,1-2H3. The van der Waals surface area contributed by atoms with E-state index in [1.54, 1.807) is 0 Å². The first kappa shape index (κ1) is 12.5. The normalized spacial score (nSPS) is 38.4. The summed E-state index contributed by atoms with van der Waals surface area (Å²) in [6, 6.07) is 0. The van der Waals surface area contributed by atoms with Crippen LogP contribution in [0.3, 0.4) is 0 Å². The monoisotopic (exact) mass is 274 g/mol. The summed E-state index contributed by atoms with van der Waals surface area (Å²) in [6.45, 7) is 3.06. The van der Waals surface area contributed by atoms with Crippen LogP contribution in [0.5, 0.6) is 0 Å². The Morgan fingerprint density at radius 3 is 2.25 bits per heavy atom. The number of aryl methyl sites for hydroxylation is 2. The molecule has 4 nitrogen and oxygen atoms in total. The zero-order valence-electron chi connectivity index (χ0n) is 12.6. The minimum atomic E-state index is 0.816. The zero-order chi connectivity index (χ0) is 13.9. The van der Waals surface area contributed by atoms with Gasteiger partial charge in [-0.05, 0) is 68.6 Å². The van der Waals surface area contributed by atoms with Crippen LogP contribution in [-0.2, 0) is 7.05 Å². The first-order valence-corrected chi connectivity index (χ1v) is 8.14. The Kier molecular flexibility index (Phi) is 2.76. The lowest BCUT2D eigenvalue weighted by Gasteiger charge is -2.54. The van der Waals surface area contributed by atoms with Gasteiger partial charge in [-0.3, -0.25) is 4.68 Å². The molecule has 0 amide bonds. The van der Waals surface area contributed by atoms with Gasteiger partial charge in [-0.1, -0.05) is 0 Å². The van der Waals surface area contributed by atoms with Gasteiger partial charge in [-0.25, -0.2) is 0 Å². The molecule has 20 heavy (non-hydrogen) atoms. The number of aromatic nitrogens is 2. The Morgan fingerprint density at radius 1 is 1.15 bits per heavy atom. The van der Waals surface area contributed by atoms with Crippen molar-refractivity contribution in [3.63, 3.8) is 0 Å². The third kappa shape index (κ3) is 1.84. The van der Waals surface area contributed by atoms with E-state index in [0.29, 0.717) is 0 Å². The fourth-order valence-corrected chi connectivity index (χ4v) is 5.47. The number of nitrogens with two attached hydrogens (primary N) is 1. The molecule has 110 valence electrons. The van der Waals surface area contributed by atoms with Crippen molar-refractivity contribution >= 4 is 11.5 Å². The van der Waals surface area contributed by atoms with Gasteiger partial charge in [0.1, 0.15) is 5.82 Å². The van der Waals surface area contributed by atoms with Crippen molar-refractivity contribution in [2.24, 2.45) is 36.6 Å². The first-order valence-electron chi connectivity index (χ1n) is 8.14. The van der Waals surface area contributed by atoms with Gasteiger partial charge in [0.2, 0.25) is 0 Å². The molecule has 0 aromatic carbocycles. The molecule has 1 aromatic rings. The molecular weight excluding hydrogens is 248 g/mol. The van der Waals surface area contributed by atoms with E-state index >= 15 is 0 Å². The molecule has 4 fully saturated rings. The Morgan fingerprint density at radius 2 is 1.75 bits per heavy atom. The summed E-state index contributed by atoms with van der Waals surface area (Å²) in [6.07, 6.45) is 7.47. The molecule has 0 unspecified atom stereocenters. The molecule has 4 aliphatic rings. The highest BCUT2D eigenvalue weighted by molar-refractivity contribution is 5.64. The first-order chi connectivity index (χ1) is 9.61. The fraction of sp³-hybridized carbons (Fsp3) is 0.812. The Hall–Kier alpha value is -1.19. The van der Waals surface area contributed by atoms with Crippen molar-refractivity contribution in [2.75, 3.05) is 17.6 Å². The highest BCUT2D eigenvalue weighted by atomic mass is 15.3. The van der Waals surface area contributed by atoms with E-state index in [2.05, 4.69) is 10.4 Å². The van der Waals surface area contributed by atoms with Crippen LogP contribution in [0.2, 0.25) is 0 Å². The molecule has 0 spiro atoms. The van der Waals surface area contributed by atoms with Crippen molar-refractivity contribution in [1.82, 2.24) is 9.78 Å². The molecule has 1 aromatic heterocycles. The van der Waals surface area contributed by atoms with E-state index in [1.165, 1.54) is 32.1 Å². The Labute approximate surface area is 121 Å². The molecule has 0 saturated heterocycles. The molecule has 4 aliphatic carbocycles. The quantitative estimate of drug-likeness (QED) is 0.891. The van der Waals surface area contributed by atoms with Gasteiger partial charge >= 0.3 is 0 Å². The maximum Gasteiger partial charge on any atom is 0.147 e. The Balaban J connectivity index is 1.47. The number of nitrogens with one attached hydrogen (secondary N) is 1. The molecule has 0 atom stereocenters. The number of hydrogen-bond acceptors (Lipinski definition) is 3. The van der Waals surface area contributed by atoms with Crippen molar-refractivity contribution < 1.29 is 0 Å². The second-order valence-corrected chi connectivity index (χ2v) is 7.45. The summed E-state index contributed by atoms with van der Waals surface area (Å²) in [5.74, 6) is 5.91. The number of rotatable bonds is 3. The number of nitrogen functional groups attached to an aromatic ring is 1. The van der Waals surface area contributed by atoms with E-state index in [4.69, 9.17) is 5.73 Å². The molecule has 5 rings (SSSR count). The predicted molar refractivity (Wildman–Crippen MR) is 81.4 cm³/mol. The maximum absolute atomic E-state index is 6.12. The van der Waals surface area contributed by atoms with Gasteiger partial charge in [0.25, 0.3) is 0 Å². The number of anilines is 2. The van der Waals surface area contributed by atoms with Crippen molar-refractivity contribution in [3.05, 3.63) is 5.69 Å². The smallest absolute Gasteiger partial charge is 0.147 e. The molecular formula is C16H26N4. The van der Waals surface area contributed by atoms with Crippen LogP contribution in [0.15, 0.2) is 0 Å². The summed E-state index contributed by atoms with van der Waals surface area (Å²) in [5.41, 5.74) is 7.86. The van der Waals surface area contributed by atoms with Gasteiger partial charge in [-0.2, -0.15) is 5.10 Å². The zero-order valence-corrected chi connectivity index (χ0v) is 12.6. The minimum absolute atomic E-state index is 0.816.